The van der Waals surface area contributed by atoms with E-state index < -0.39 is 10.0 Å². The zero-order chi connectivity index (χ0) is 17.0. The van der Waals surface area contributed by atoms with Gasteiger partial charge in [-0.15, -0.1) is 0 Å². The number of rotatable bonds is 6. The molecule has 24 heavy (non-hydrogen) atoms. The highest BCUT2D eigenvalue weighted by Crippen LogP contribution is 2.20. The molecule has 0 aliphatic rings. The summed E-state index contributed by atoms with van der Waals surface area (Å²) in [6.45, 7) is 0.221. The summed E-state index contributed by atoms with van der Waals surface area (Å²) >= 11 is 0.959. The average Bonchev–Trinajstić information content (AvgIpc) is 3.08. The predicted molar refractivity (Wildman–Crippen MR) is 89.2 cm³/mol. The van der Waals surface area contributed by atoms with Crippen LogP contribution in [-0.2, 0) is 10.0 Å². The lowest BCUT2D eigenvalue weighted by Gasteiger charge is -2.08. The van der Waals surface area contributed by atoms with E-state index in [1.54, 1.807) is 24.3 Å². The molecule has 2 heterocycles. The third-order valence-electron chi connectivity index (χ3n) is 3.18. The number of fused-ring (bicyclic) bond motifs is 1. The predicted octanol–water partition coefficient (Wildman–Crippen LogP) is 0.795. The van der Waals surface area contributed by atoms with Gasteiger partial charge < -0.3 is 5.32 Å². The van der Waals surface area contributed by atoms with Crippen molar-refractivity contribution >= 4 is 38.7 Å². The third-order valence-corrected chi connectivity index (χ3v) is 5.22. The normalized spacial score (nSPS) is 11.5. The standard InChI is InChI=1S/C14H13N5O3S2/c20-14(10-4-6-15-7-5-10)16-8-9-17-24(21,22)12-3-1-2-11-13(12)19-23-18-11/h1-7,17H,8-9H2,(H,16,20). The number of carbonyl (C=O) groups is 1. The minimum atomic E-state index is -3.73. The number of amides is 1. The van der Waals surface area contributed by atoms with E-state index in [1.807, 2.05) is 0 Å². The smallest absolute Gasteiger partial charge is 0.251 e. The second kappa shape index (κ2) is 6.99. The Morgan fingerprint density at radius 2 is 1.88 bits per heavy atom. The summed E-state index contributed by atoms with van der Waals surface area (Å²) in [6, 6.07) is 7.95. The van der Waals surface area contributed by atoms with E-state index in [0.29, 0.717) is 16.6 Å². The molecule has 0 atom stereocenters. The van der Waals surface area contributed by atoms with Crippen molar-refractivity contribution in [3.63, 3.8) is 0 Å². The molecule has 124 valence electrons. The van der Waals surface area contributed by atoms with E-state index in [1.165, 1.54) is 18.5 Å². The monoisotopic (exact) mass is 363 g/mol. The van der Waals surface area contributed by atoms with Gasteiger partial charge in [-0.05, 0) is 24.3 Å². The molecule has 0 aliphatic carbocycles. The maximum atomic E-state index is 12.4. The first-order valence-corrected chi connectivity index (χ1v) is 9.18. The number of hydrogen-bond acceptors (Lipinski definition) is 7. The van der Waals surface area contributed by atoms with E-state index in [2.05, 4.69) is 23.8 Å². The number of carbonyl (C=O) groups excluding carboxylic acids is 1. The summed E-state index contributed by atoms with van der Waals surface area (Å²) in [7, 11) is -3.73. The number of aromatic nitrogens is 3. The Kier molecular flexibility index (Phi) is 4.79. The van der Waals surface area contributed by atoms with Crippen LogP contribution in [0.2, 0.25) is 0 Å². The van der Waals surface area contributed by atoms with Gasteiger partial charge in [0, 0.05) is 31.0 Å². The van der Waals surface area contributed by atoms with Gasteiger partial charge in [0.25, 0.3) is 5.91 Å². The van der Waals surface area contributed by atoms with Gasteiger partial charge in [-0.25, -0.2) is 13.1 Å². The lowest BCUT2D eigenvalue weighted by atomic mass is 10.2. The molecule has 0 saturated carbocycles. The second-order valence-corrected chi connectivity index (χ2v) is 7.04. The van der Waals surface area contributed by atoms with E-state index in [9.17, 15) is 13.2 Å². The SMILES string of the molecule is O=C(NCCNS(=O)(=O)c1cccc2nsnc12)c1ccncc1. The van der Waals surface area contributed by atoms with Crippen molar-refractivity contribution in [2.45, 2.75) is 4.90 Å². The van der Waals surface area contributed by atoms with Crippen LogP contribution in [0.15, 0.2) is 47.6 Å². The number of nitrogens with zero attached hydrogens (tertiary/aromatic N) is 3. The topological polar surface area (TPSA) is 114 Å². The van der Waals surface area contributed by atoms with Crippen molar-refractivity contribution in [1.29, 1.82) is 0 Å². The largest absolute Gasteiger partial charge is 0.351 e. The van der Waals surface area contributed by atoms with Crippen LogP contribution in [0.4, 0.5) is 0 Å². The third kappa shape index (κ3) is 3.55. The fourth-order valence-corrected chi connectivity index (χ4v) is 3.84. The Balaban J connectivity index is 1.60. The molecule has 0 spiro atoms. The Morgan fingerprint density at radius 3 is 2.67 bits per heavy atom. The number of hydrogen-bond donors (Lipinski definition) is 2. The first-order valence-electron chi connectivity index (χ1n) is 6.97. The number of pyridine rings is 1. The summed E-state index contributed by atoms with van der Waals surface area (Å²) < 4.78 is 35.2. The minimum absolute atomic E-state index is 0.0626. The van der Waals surface area contributed by atoms with Gasteiger partial charge in [0.1, 0.15) is 15.9 Å². The minimum Gasteiger partial charge on any atom is -0.351 e. The van der Waals surface area contributed by atoms with Crippen molar-refractivity contribution < 1.29 is 13.2 Å². The molecule has 3 aromatic rings. The zero-order valence-electron chi connectivity index (χ0n) is 12.3. The highest BCUT2D eigenvalue weighted by molar-refractivity contribution is 7.89. The van der Waals surface area contributed by atoms with Gasteiger partial charge in [0.2, 0.25) is 10.0 Å². The summed E-state index contributed by atoms with van der Waals surface area (Å²) in [4.78, 5) is 15.8. The summed E-state index contributed by atoms with van der Waals surface area (Å²) in [6.07, 6.45) is 3.03. The fraction of sp³-hybridized carbons (Fsp3) is 0.143. The fourth-order valence-electron chi connectivity index (χ4n) is 2.04. The van der Waals surface area contributed by atoms with Crippen molar-refractivity contribution in [3.05, 3.63) is 48.3 Å². The second-order valence-electron chi connectivity index (χ2n) is 4.78. The lowest BCUT2D eigenvalue weighted by Crippen LogP contribution is -2.34. The van der Waals surface area contributed by atoms with Gasteiger partial charge in [0.15, 0.2) is 0 Å². The molecule has 1 aromatic carbocycles. The summed E-state index contributed by atoms with van der Waals surface area (Å²) in [5.74, 6) is -0.289. The molecule has 0 saturated heterocycles. The zero-order valence-corrected chi connectivity index (χ0v) is 14.0. The Labute approximate surface area is 142 Å². The molecule has 10 heteroatoms. The summed E-state index contributed by atoms with van der Waals surface area (Å²) in [5.41, 5.74) is 1.34. The molecule has 0 bridgehead atoms. The van der Waals surface area contributed by atoms with Crippen LogP contribution < -0.4 is 10.0 Å². The molecule has 2 aromatic heterocycles. The quantitative estimate of drug-likeness (QED) is 0.626. The van der Waals surface area contributed by atoms with Crippen LogP contribution in [0.3, 0.4) is 0 Å². The van der Waals surface area contributed by atoms with E-state index in [4.69, 9.17) is 0 Å². The van der Waals surface area contributed by atoms with Crippen LogP contribution in [0.5, 0.6) is 0 Å². The van der Waals surface area contributed by atoms with Gasteiger partial charge >= 0.3 is 0 Å². The van der Waals surface area contributed by atoms with E-state index >= 15 is 0 Å². The van der Waals surface area contributed by atoms with Crippen LogP contribution in [0.25, 0.3) is 11.0 Å². The van der Waals surface area contributed by atoms with Crippen LogP contribution >= 0.6 is 11.7 Å². The highest BCUT2D eigenvalue weighted by Gasteiger charge is 2.19. The van der Waals surface area contributed by atoms with Crippen LogP contribution in [0.1, 0.15) is 10.4 Å². The van der Waals surface area contributed by atoms with Crippen LogP contribution in [0, 0.1) is 0 Å². The molecule has 1 amide bonds. The highest BCUT2D eigenvalue weighted by atomic mass is 32.2. The van der Waals surface area contributed by atoms with Crippen molar-refractivity contribution in [2.24, 2.45) is 0 Å². The van der Waals surface area contributed by atoms with Gasteiger partial charge in [0.05, 0.1) is 11.7 Å². The average molecular weight is 363 g/mol. The van der Waals surface area contributed by atoms with Gasteiger partial charge in [-0.3, -0.25) is 9.78 Å². The number of nitrogens with one attached hydrogen (secondary N) is 2. The molecule has 0 radical (unpaired) electrons. The van der Waals surface area contributed by atoms with Gasteiger partial charge in [-0.2, -0.15) is 8.75 Å². The molecular weight excluding hydrogens is 350 g/mol. The first kappa shape index (κ1) is 16.4. The van der Waals surface area contributed by atoms with E-state index in [0.717, 1.165) is 11.7 Å². The van der Waals surface area contributed by atoms with Gasteiger partial charge in [-0.1, -0.05) is 6.07 Å². The molecule has 3 rings (SSSR count). The Bertz CT molecular complexity index is 957. The number of benzene rings is 1. The van der Waals surface area contributed by atoms with Crippen molar-refractivity contribution in [3.8, 4) is 0 Å². The van der Waals surface area contributed by atoms with Crippen LogP contribution in [-0.4, -0.2) is 41.1 Å². The molecule has 0 aliphatic heterocycles. The molecule has 8 nitrogen and oxygen atoms in total. The maximum Gasteiger partial charge on any atom is 0.251 e. The van der Waals surface area contributed by atoms with E-state index in [-0.39, 0.29) is 23.9 Å². The summed E-state index contributed by atoms with van der Waals surface area (Å²) in [5, 5.41) is 2.64. The molecular formula is C14H13N5O3S2. The first-order chi connectivity index (χ1) is 11.6. The Hall–Kier alpha value is -2.43. The molecule has 0 unspecified atom stereocenters. The lowest BCUT2D eigenvalue weighted by molar-refractivity contribution is 0.0954. The maximum absolute atomic E-state index is 12.4. The molecule has 0 fully saturated rings. The number of sulfonamides is 1. The molecule has 2 N–H and O–H groups in total. The van der Waals surface area contributed by atoms with Crippen molar-refractivity contribution in [2.75, 3.05) is 13.1 Å². The van der Waals surface area contributed by atoms with Crippen molar-refractivity contribution in [1.82, 2.24) is 23.8 Å². The Morgan fingerprint density at radius 1 is 1.08 bits per heavy atom.